The van der Waals surface area contributed by atoms with Crippen molar-refractivity contribution in [3.63, 3.8) is 0 Å². The van der Waals surface area contributed by atoms with E-state index in [1.807, 2.05) is 0 Å². The van der Waals surface area contributed by atoms with Crippen LogP contribution in [0.4, 0.5) is 11.4 Å². The number of nitrogens with one attached hydrogen (secondary N) is 1. The topological polar surface area (TPSA) is 67.6 Å². The first kappa shape index (κ1) is 15.7. The Morgan fingerprint density at radius 1 is 1.29 bits per heavy atom. The average molecular weight is 293 g/mol. The number of nitrogens with zero attached hydrogens (tertiary/aromatic N) is 2. The molecule has 0 aromatic heterocycles. The molecule has 1 atom stereocenters. The lowest BCUT2D eigenvalue weighted by Gasteiger charge is -2.37. The van der Waals surface area contributed by atoms with Crippen LogP contribution in [0, 0.1) is 16.0 Å². The number of benzene rings is 1. The number of morpholine rings is 1. The Hall–Kier alpha value is -1.66. The van der Waals surface area contributed by atoms with Gasteiger partial charge in [0, 0.05) is 43.5 Å². The molecule has 1 aromatic rings. The van der Waals surface area contributed by atoms with Gasteiger partial charge in [-0.15, -0.1) is 0 Å². The minimum atomic E-state index is -0.381. The lowest BCUT2D eigenvalue weighted by molar-refractivity contribution is -0.384. The van der Waals surface area contributed by atoms with Gasteiger partial charge in [0.15, 0.2) is 0 Å². The van der Waals surface area contributed by atoms with Crippen LogP contribution in [-0.4, -0.2) is 48.7 Å². The highest BCUT2D eigenvalue weighted by atomic mass is 16.6. The maximum Gasteiger partial charge on any atom is 0.269 e. The summed E-state index contributed by atoms with van der Waals surface area (Å²) in [6.07, 6.45) is 0. The highest BCUT2D eigenvalue weighted by Crippen LogP contribution is 2.18. The maximum absolute atomic E-state index is 10.6. The van der Waals surface area contributed by atoms with Gasteiger partial charge in [-0.3, -0.25) is 15.0 Å². The molecule has 0 radical (unpaired) electrons. The van der Waals surface area contributed by atoms with E-state index < -0.39 is 0 Å². The molecule has 1 N–H and O–H groups in total. The Morgan fingerprint density at radius 2 is 1.90 bits per heavy atom. The number of hydrogen-bond donors (Lipinski definition) is 1. The van der Waals surface area contributed by atoms with Crippen LogP contribution >= 0.6 is 0 Å². The largest absolute Gasteiger partial charge is 0.383 e. The second kappa shape index (κ2) is 7.38. The van der Waals surface area contributed by atoms with Crippen molar-refractivity contribution in [3.05, 3.63) is 34.4 Å². The van der Waals surface area contributed by atoms with Crippen LogP contribution in [0.3, 0.4) is 0 Å². The summed E-state index contributed by atoms with van der Waals surface area (Å²) in [4.78, 5) is 12.7. The fraction of sp³-hybridized carbons (Fsp3) is 0.600. The van der Waals surface area contributed by atoms with Gasteiger partial charge in [0.2, 0.25) is 0 Å². The second-order valence-electron chi connectivity index (χ2n) is 5.64. The predicted molar refractivity (Wildman–Crippen MR) is 82.6 cm³/mol. The molecule has 0 aliphatic carbocycles. The molecule has 6 heteroatoms. The zero-order valence-electron chi connectivity index (χ0n) is 12.6. The van der Waals surface area contributed by atoms with Gasteiger partial charge in [0.1, 0.15) is 0 Å². The second-order valence-corrected chi connectivity index (χ2v) is 5.64. The van der Waals surface area contributed by atoms with E-state index in [0.717, 1.165) is 38.5 Å². The van der Waals surface area contributed by atoms with Gasteiger partial charge in [-0.05, 0) is 18.1 Å². The van der Waals surface area contributed by atoms with E-state index in [2.05, 4.69) is 24.1 Å². The minimum absolute atomic E-state index is 0.120. The third kappa shape index (κ3) is 4.41. The third-order valence-electron chi connectivity index (χ3n) is 3.88. The quantitative estimate of drug-likeness (QED) is 0.644. The zero-order valence-corrected chi connectivity index (χ0v) is 12.6. The van der Waals surface area contributed by atoms with E-state index in [0.29, 0.717) is 12.0 Å². The van der Waals surface area contributed by atoms with Crippen LogP contribution in [-0.2, 0) is 4.74 Å². The molecule has 1 aromatic carbocycles. The van der Waals surface area contributed by atoms with Crippen LogP contribution in [0.5, 0.6) is 0 Å². The lowest BCUT2D eigenvalue weighted by Crippen LogP contribution is -2.49. The van der Waals surface area contributed by atoms with E-state index in [9.17, 15) is 10.1 Å². The van der Waals surface area contributed by atoms with Crippen molar-refractivity contribution in [1.29, 1.82) is 0 Å². The number of non-ortho nitro benzene ring substituents is 1. The summed E-state index contributed by atoms with van der Waals surface area (Å²) in [6, 6.07) is 7.01. The maximum atomic E-state index is 10.6. The first-order valence-corrected chi connectivity index (χ1v) is 7.38. The summed E-state index contributed by atoms with van der Waals surface area (Å²) in [6.45, 7) is 8.78. The molecule has 1 fully saturated rings. The van der Waals surface area contributed by atoms with Crippen molar-refractivity contribution in [2.45, 2.75) is 19.9 Å². The van der Waals surface area contributed by atoms with Crippen molar-refractivity contribution < 1.29 is 9.66 Å². The van der Waals surface area contributed by atoms with Crippen molar-refractivity contribution in [2.24, 2.45) is 5.92 Å². The van der Waals surface area contributed by atoms with Gasteiger partial charge < -0.3 is 10.1 Å². The Bertz CT molecular complexity index is 456. The molecule has 1 aliphatic rings. The van der Waals surface area contributed by atoms with E-state index in [1.54, 1.807) is 12.1 Å². The van der Waals surface area contributed by atoms with Crippen LogP contribution in [0.15, 0.2) is 24.3 Å². The number of nitro benzene ring substituents is 1. The lowest BCUT2D eigenvalue weighted by atomic mass is 10.0. The fourth-order valence-electron chi connectivity index (χ4n) is 2.62. The van der Waals surface area contributed by atoms with Gasteiger partial charge >= 0.3 is 0 Å². The number of ether oxygens (including phenoxy) is 1. The highest BCUT2D eigenvalue weighted by Gasteiger charge is 2.23. The van der Waals surface area contributed by atoms with Gasteiger partial charge in [0.25, 0.3) is 5.69 Å². The Labute approximate surface area is 125 Å². The highest BCUT2D eigenvalue weighted by molar-refractivity contribution is 5.48. The molecule has 116 valence electrons. The molecule has 1 saturated heterocycles. The molecular formula is C15H23N3O3. The smallest absolute Gasteiger partial charge is 0.269 e. The Morgan fingerprint density at radius 3 is 2.43 bits per heavy atom. The van der Waals surface area contributed by atoms with E-state index in [1.165, 1.54) is 12.1 Å². The normalized spacial score (nSPS) is 17.7. The first-order chi connectivity index (χ1) is 10.1. The summed E-state index contributed by atoms with van der Waals surface area (Å²) in [7, 11) is 0. The molecular weight excluding hydrogens is 270 g/mol. The molecule has 0 bridgehead atoms. The van der Waals surface area contributed by atoms with Gasteiger partial charge in [0.05, 0.1) is 18.1 Å². The van der Waals surface area contributed by atoms with Crippen molar-refractivity contribution in [2.75, 3.05) is 38.2 Å². The fourth-order valence-corrected chi connectivity index (χ4v) is 2.62. The molecule has 6 nitrogen and oxygen atoms in total. The van der Waals surface area contributed by atoms with Crippen molar-refractivity contribution in [3.8, 4) is 0 Å². The van der Waals surface area contributed by atoms with Crippen molar-refractivity contribution >= 4 is 11.4 Å². The van der Waals surface area contributed by atoms with E-state index >= 15 is 0 Å². The number of anilines is 1. The van der Waals surface area contributed by atoms with Crippen LogP contribution in [0.2, 0.25) is 0 Å². The van der Waals surface area contributed by atoms with Gasteiger partial charge in [-0.2, -0.15) is 0 Å². The van der Waals surface area contributed by atoms with Gasteiger partial charge in [-0.1, -0.05) is 13.8 Å². The van der Waals surface area contributed by atoms with Crippen LogP contribution in [0.25, 0.3) is 0 Å². The minimum Gasteiger partial charge on any atom is -0.383 e. The molecule has 1 unspecified atom stereocenters. The number of hydrogen-bond acceptors (Lipinski definition) is 5. The average Bonchev–Trinajstić information content (AvgIpc) is 2.48. The number of nitro groups is 1. The summed E-state index contributed by atoms with van der Waals surface area (Å²) in [5.41, 5.74) is 1.04. The van der Waals surface area contributed by atoms with Gasteiger partial charge in [-0.25, -0.2) is 0 Å². The monoisotopic (exact) mass is 293 g/mol. The number of rotatable bonds is 6. The SMILES string of the molecule is CC(C)C(CNc1ccc([N+](=O)[O-])cc1)N1CCOCC1. The summed E-state index contributed by atoms with van der Waals surface area (Å²) in [5.74, 6) is 0.536. The molecule has 1 heterocycles. The molecule has 0 amide bonds. The molecule has 0 spiro atoms. The molecule has 1 aliphatic heterocycles. The molecule has 2 rings (SSSR count). The Kier molecular flexibility index (Phi) is 5.52. The third-order valence-corrected chi connectivity index (χ3v) is 3.88. The zero-order chi connectivity index (χ0) is 15.2. The standard InChI is InChI=1S/C15H23N3O3/c1-12(2)15(17-7-9-21-10-8-17)11-16-13-3-5-14(6-4-13)18(19)20/h3-6,12,15-16H,7-11H2,1-2H3. The van der Waals surface area contributed by atoms with Crippen molar-refractivity contribution in [1.82, 2.24) is 4.90 Å². The summed E-state index contributed by atoms with van der Waals surface area (Å²) in [5, 5.41) is 14.0. The molecule has 21 heavy (non-hydrogen) atoms. The summed E-state index contributed by atoms with van der Waals surface area (Å²) < 4.78 is 5.40. The van der Waals surface area contributed by atoms with Crippen LogP contribution < -0.4 is 5.32 Å². The molecule has 0 saturated carbocycles. The van der Waals surface area contributed by atoms with Crippen LogP contribution in [0.1, 0.15) is 13.8 Å². The summed E-state index contributed by atoms with van der Waals surface area (Å²) >= 11 is 0. The first-order valence-electron chi connectivity index (χ1n) is 7.38. The Balaban J connectivity index is 1.93. The van der Waals surface area contributed by atoms with E-state index in [4.69, 9.17) is 4.74 Å². The van der Waals surface area contributed by atoms with E-state index in [-0.39, 0.29) is 10.6 Å². The predicted octanol–water partition coefficient (Wildman–Crippen LogP) is 2.36.